The number of fused-ring (bicyclic) bond motifs is 1. The third-order valence-electron chi connectivity index (χ3n) is 3.23. The second-order valence-electron chi connectivity index (χ2n) is 4.59. The van der Waals surface area contributed by atoms with Crippen LogP contribution in [0.2, 0.25) is 0 Å². The number of ether oxygens (including phenoxy) is 1. The van der Waals surface area contributed by atoms with Crippen molar-refractivity contribution in [3.05, 3.63) is 35.9 Å². The molecule has 0 unspecified atom stereocenters. The lowest BCUT2D eigenvalue weighted by molar-refractivity contribution is 0.416. The number of terminal acetylenes is 1. The number of anilines is 1. The molecule has 5 nitrogen and oxygen atoms in total. The molecule has 0 aliphatic carbocycles. The van der Waals surface area contributed by atoms with Crippen molar-refractivity contribution in [1.29, 1.82) is 0 Å². The van der Waals surface area contributed by atoms with Gasteiger partial charge in [0.15, 0.2) is 13.7 Å². The molecule has 0 aliphatic heterocycles. The summed E-state index contributed by atoms with van der Waals surface area (Å²) in [6.45, 7) is 0. The number of nitrogens with zero attached hydrogens (tertiary/aromatic N) is 3. The first-order valence-electron chi connectivity index (χ1n) is 6.47. The lowest BCUT2D eigenvalue weighted by atomic mass is 10.1. The Balaban J connectivity index is 2.25. The highest BCUT2D eigenvalue weighted by atomic mass is 16.5. The predicted octanol–water partition coefficient (Wildman–Crippen LogP) is 1.06. The monoisotopic (exact) mass is 286 g/mol. The first kappa shape index (κ1) is 13.9. The van der Waals surface area contributed by atoms with E-state index in [1.54, 1.807) is 19.2 Å². The molecule has 2 heterocycles. The SMILES string of the molecule is [B]c1nc(N)c2nc(-c3cc(C#C)ccc3OC)ccc2n1. The second kappa shape index (κ2) is 5.37. The Kier molecular flexibility index (Phi) is 3.40. The standard InChI is InChI=1S/C16H11BN4O/c1-3-9-4-7-13(22-2)10(8-9)11-5-6-12-14(19-11)15(18)21-16(17)20-12/h1,4-8H,2H3,(H2,18,20,21). The van der Waals surface area contributed by atoms with Crippen molar-refractivity contribution in [2.45, 2.75) is 0 Å². The van der Waals surface area contributed by atoms with E-state index >= 15 is 0 Å². The van der Waals surface area contributed by atoms with Crippen molar-refractivity contribution in [3.63, 3.8) is 0 Å². The number of hydrogen-bond donors (Lipinski definition) is 1. The van der Waals surface area contributed by atoms with Crippen molar-refractivity contribution in [3.8, 4) is 29.4 Å². The van der Waals surface area contributed by atoms with Gasteiger partial charge in [-0.25, -0.2) is 15.0 Å². The van der Waals surface area contributed by atoms with Crippen molar-refractivity contribution in [1.82, 2.24) is 15.0 Å². The Morgan fingerprint density at radius 1 is 1.18 bits per heavy atom. The van der Waals surface area contributed by atoms with E-state index < -0.39 is 0 Å². The van der Waals surface area contributed by atoms with Crippen LogP contribution in [0.15, 0.2) is 30.3 Å². The lowest BCUT2D eigenvalue weighted by Crippen LogP contribution is -2.15. The largest absolute Gasteiger partial charge is 0.496 e. The quantitative estimate of drug-likeness (QED) is 0.563. The molecule has 0 saturated carbocycles. The topological polar surface area (TPSA) is 73.9 Å². The van der Waals surface area contributed by atoms with Gasteiger partial charge in [0.1, 0.15) is 11.3 Å². The van der Waals surface area contributed by atoms with E-state index in [0.29, 0.717) is 22.5 Å². The average molecular weight is 286 g/mol. The maximum absolute atomic E-state index is 5.87. The van der Waals surface area contributed by atoms with Crippen molar-refractivity contribution in [2.24, 2.45) is 0 Å². The highest BCUT2D eigenvalue weighted by molar-refractivity contribution is 6.29. The fourth-order valence-electron chi connectivity index (χ4n) is 2.20. The maximum Gasteiger partial charge on any atom is 0.170 e. The highest BCUT2D eigenvalue weighted by Crippen LogP contribution is 2.30. The number of methoxy groups -OCH3 is 1. The van der Waals surface area contributed by atoms with Crippen LogP contribution in [0.4, 0.5) is 5.82 Å². The molecule has 3 aromatic rings. The molecular formula is C16H11BN4O. The average Bonchev–Trinajstić information content (AvgIpc) is 2.53. The number of hydrogen-bond acceptors (Lipinski definition) is 5. The van der Waals surface area contributed by atoms with E-state index in [2.05, 4.69) is 20.9 Å². The van der Waals surface area contributed by atoms with E-state index in [0.717, 1.165) is 11.1 Å². The van der Waals surface area contributed by atoms with Gasteiger partial charge in [-0.1, -0.05) is 5.92 Å². The molecule has 22 heavy (non-hydrogen) atoms. The van der Waals surface area contributed by atoms with Crippen LogP contribution >= 0.6 is 0 Å². The smallest absolute Gasteiger partial charge is 0.170 e. The molecular weight excluding hydrogens is 275 g/mol. The van der Waals surface area contributed by atoms with Gasteiger partial charge in [0.2, 0.25) is 0 Å². The van der Waals surface area contributed by atoms with E-state index in [1.807, 2.05) is 18.2 Å². The summed E-state index contributed by atoms with van der Waals surface area (Å²) in [7, 11) is 7.18. The number of nitrogens with two attached hydrogens (primary N) is 1. The molecule has 1 aromatic carbocycles. The van der Waals surface area contributed by atoms with Crippen LogP contribution in [0.5, 0.6) is 5.75 Å². The molecule has 2 radical (unpaired) electrons. The molecule has 2 aromatic heterocycles. The molecule has 104 valence electrons. The second-order valence-corrected chi connectivity index (χ2v) is 4.59. The van der Waals surface area contributed by atoms with Crippen LogP contribution in [0, 0.1) is 12.3 Å². The molecule has 0 saturated heterocycles. The Morgan fingerprint density at radius 2 is 2.00 bits per heavy atom. The summed E-state index contributed by atoms with van der Waals surface area (Å²) in [5.41, 5.74) is 9.24. The molecule has 0 aliphatic rings. The summed E-state index contributed by atoms with van der Waals surface area (Å²) < 4.78 is 5.37. The van der Waals surface area contributed by atoms with Crippen molar-refractivity contribution in [2.75, 3.05) is 12.8 Å². The maximum atomic E-state index is 5.87. The minimum atomic E-state index is 0.117. The van der Waals surface area contributed by atoms with E-state index in [4.69, 9.17) is 24.7 Å². The molecule has 0 amide bonds. The molecule has 3 rings (SSSR count). The van der Waals surface area contributed by atoms with Crippen LogP contribution in [0.3, 0.4) is 0 Å². The van der Waals surface area contributed by atoms with Gasteiger partial charge < -0.3 is 10.5 Å². The molecule has 0 spiro atoms. The van der Waals surface area contributed by atoms with Gasteiger partial charge in [0, 0.05) is 11.1 Å². The normalized spacial score (nSPS) is 10.4. The van der Waals surface area contributed by atoms with Crippen LogP contribution in [0.1, 0.15) is 5.56 Å². The Bertz CT molecular complexity index is 918. The zero-order chi connectivity index (χ0) is 15.7. The summed E-state index contributed by atoms with van der Waals surface area (Å²) in [5.74, 6) is 3.50. The van der Waals surface area contributed by atoms with Crippen LogP contribution in [0.25, 0.3) is 22.3 Å². The first-order valence-corrected chi connectivity index (χ1v) is 6.47. The lowest BCUT2D eigenvalue weighted by Gasteiger charge is -2.10. The van der Waals surface area contributed by atoms with E-state index in [9.17, 15) is 0 Å². The highest BCUT2D eigenvalue weighted by Gasteiger charge is 2.11. The van der Waals surface area contributed by atoms with E-state index in [1.165, 1.54) is 0 Å². The fourth-order valence-corrected chi connectivity index (χ4v) is 2.20. The summed E-state index contributed by atoms with van der Waals surface area (Å²) >= 11 is 0. The van der Waals surface area contributed by atoms with Crippen LogP contribution in [-0.4, -0.2) is 29.9 Å². The zero-order valence-electron chi connectivity index (χ0n) is 11.9. The fraction of sp³-hybridized carbons (Fsp3) is 0.0625. The third-order valence-corrected chi connectivity index (χ3v) is 3.23. The summed E-state index contributed by atoms with van der Waals surface area (Å²) in [5, 5.41) is 0. The summed E-state index contributed by atoms with van der Waals surface area (Å²) in [6, 6.07) is 9.04. The number of pyridine rings is 1. The van der Waals surface area contributed by atoms with Crippen LogP contribution < -0.4 is 16.2 Å². The molecule has 0 atom stereocenters. The van der Waals surface area contributed by atoms with E-state index in [-0.39, 0.29) is 11.5 Å². The third kappa shape index (κ3) is 2.33. The molecule has 0 bridgehead atoms. The summed E-state index contributed by atoms with van der Waals surface area (Å²) in [4.78, 5) is 12.6. The predicted molar refractivity (Wildman–Crippen MR) is 87.1 cm³/mol. The Labute approximate surface area is 129 Å². The minimum absolute atomic E-state index is 0.117. The van der Waals surface area contributed by atoms with Crippen LogP contribution in [-0.2, 0) is 0 Å². The zero-order valence-corrected chi connectivity index (χ0v) is 11.9. The number of nitrogen functional groups attached to an aromatic ring is 1. The van der Waals surface area contributed by atoms with Gasteiger partial charge in [-0.3, -0.25) is 0 Å². The number of rotatable bonds is 2. The van der Waals surface area contributed by atoms with Gasteiger partial charge in [0.25, 0.3) is 0 Å². The Hall–Kier alpha value is -3.07. The minimum Gasteiger partial charge on any atom is -0.496 e. The summed E-state index contributed by atoms with van der Waals surface area (Å²) in [6.07, 6.45) is 5.45. The van der Waals surface area contributed by atoms with Gasteiger partial charge in [-0.15, -0.1) is 6.42 Å². The number of benzene rings is 1. The Morgan fingerprint density at radius 3 is 2.73 bits per heavy atom. The van der Waals surface area contributed by atoms with Gasteiger partial charge in [0.05, 0.1) is 24.0 Å². The van der Waals surface area contributed by atoms with Gasteiger partial charge in [-0.05, 0) is 30.3 Å². The van der Waals surface area contributed by atoms with Crippen molar-refractivity contribution < 1.29 is 4.74 Å². The molecule has 2 N–H and O–H groups in total. The van der Waals surface area contributed by atoms with Crippen molar-refractivity contribution >= 4 is 30.4 Å². The van der Waals surface area contributed by atoms with Gasteiger partial charge in [-0.2, -0.15) is 0 Å². The molecule has 0 fully saturated rings. The number of aromatic nitrogens is 3. The van der Waals surface area contributed by atoms with Gasteiger partial charge >= 0.3 is 0 Å². The first-order chi connectivity index (χ1) is 10.6. The molecule has 6 heteroatoms.